The molecule has 0 aromatic heterocycles. The van der Waals surface area contributed by atoms with Crippen LogP contribution < -0.4 is 0 Å². The summed E-state index contributed by atoms with van der Waals surface area (Å²) in [6.07, 6.45) is -4.89. The van der Waals surface area contributed by atoms with Gasteiger partial charge >= 0.3 is 24.3 Å². The van der Waals surface area contributed by atoms with Gasteiger partial charge in [-0.25, -0.2) is 0 Å². The molecular formula is C33H52F6O5. The van der Waals surface area contributed by atoms with E-state index in [0.29, 0.717) is 24.7 Å². The SMILES string of the molecule is CCC(C)(C)C(=O)OC1(CC)C2CC3CC(C2)CC1C3.CCC(C)(C)C(=O)OC1CCCCC1C(O)(C(F)(F)F)C(F)(F)F. The van der Waals surface area contributed by atoms with E-state index in [1.807, 2.05) is 13.8 Å². The van der Waals surface area contributed by atoms with Crippen LogP contribution in [0.1, 0.15) is 126 Å². The Bertz CT molecular complexity index is 975. The van der Waals surface area contributed by atoms with Gasteiger partial charge in [-0.15, -0.1) is 0 Å². The molecule has 5 aliphatic rings. The van der Waals surface area contributed by atoms with E-state index in [0.717, 1.165) is 24.7 Å². The Kier molecular flexibility index (Phi) is 10.9. The number of ether oxygens (including phenoxy) is 2. The fourth-order valence-electron chi connectivity index (χ4n) is 7.99. The first-order valence-corrected chi connectivity index (χ1v) is 16.4. The van der Waals surface area contributed by atoms with Crippen LogP contribution >= 0.6 is 0 Å². The van der Waals surface area contributed by atoms with Gasteiger partial charge in [-0.2, -0.15) is 26.3 Å². The summed E-state index contributed by atoms with van der Waals surface area (Å²) in [4.78, 5) is 24.7. The Hall–Kier alpha value is -1.52. The second-order valence-electron chi connectivity index (χ2n) is 15.1. The van der Waals surface area contributed by atoms with Crippen molar-refractivity contribution in [3.63, 3.8) is 0 Å². The predicted octanol–water partition coefficient (Wildman–Crippen LogP) is 8.95. The summed E-state index contributed by atoms with van der Waals surface area (Å²) in [5.41, 5.74) is -6.40. The Morgan fingerprint density at radius 2 is 1.16 bits per heavy atom. The smallest absolute Gasteiger partial charge is 0.426 e. The second-order valence-corrected chi connectivity index (χ2v) is 15.1. The van der Waals surface area contributed by atoms with Crippen LogP contribution in [0, 0.1) is 40.4 Å². The lowest BCUT2D eigenvalue weighted by molar-refractivity contribution is -0.393. The monoisotopic (exact) mass is 642 g/mol. The summed E-state index contributed by atoms with van der Waals surface area (Å²) < 4.78 is 89.8. The van der Waals surface area contributed by atoms with Gasteiger partial charge in [-0.1, -0.05) is 27.2 Å². The molecule has 0 aromatic carbocycles. The van der Waals surface area contributed by atoms with Crippen molar-refractivity contribution in [3.8, 4) is 0 Å². The van der Waals surface area contributed by atoms with Crippen molar-refractivity contribution in [1.29, 1.82) is 0 Å². The summed E-state index contributed by atoms with van der Waals surface area (Å²) in [5, 5.41) is 9.61. The molecular weight excluding hydrogens is 590 g/mol. The number of carbonyl (C=O) groups is 2. The highest BCUT2D eigenvalue weighted by atomic mass is 19.4. The normalized spacial score (nSPS) is 32.5. The number of hydrogen-bond acceptors (Lipinski definition) is 5. The van der Waals surface area contributed by atoms with Crippen LogP contribution in [-0.4, -0.2) is 46.7 Å². The molecule has 2 atom stereocenters. The molecule has 4 bridgehead atoms. The van der Waals surface area contributed by atoms with Crippen LogP contribution in [0.5, 0.6) is 0 Å². The summed E-state index contributed by atoms with van der Waals surface area (Å²) in [6, 6.07) is 0. The van der Waals surface area contributed by atoms with Crippen LogP contribution in [-0.2, 0) is 19.1 Å². The summed E-state index contributed by atoms with van der Waals surface area (Å²) >= 11 is 0. The zero-order valence-corrected chi connectivity index (χ0v) is 27.3. The Balaban J connectivity index is 0.000000243. The molecule has 0 saturated heterocycles. The molecule has 5 aliphatic carbocycles. The fourth-order valence-corrected chi connectivity index (χ4v) is 7.99. The van der Waals surface area contributed by atoms with Gasteiger partial charge in [0.1, 0.15) is 11.7 Å². The van der Waals surface area contributed by atoms with Crippen LogP contribution in [0.2, 0.25) is 0 Å². The van der Waals surface area contributed by atoms with E-state index >= 15 is 0 Å². The third-order valence-corrected chi connectivity index (χ3v) is 11.6. The highest BCUT2D eigenvalue weighted by Crippen LogP contribution is 2.61. The van der Waals surface area contributed by atoms with Crippen LogP contribution in [0.3, 0.4) is 0 Å². The van der Waals surface area contributed by atoms with Gasteiger partial charge < -0.3 is 14.6 Å². The van der Waals surface area contributed by atoms with E-state index in [1.54, 1.807) is 6.92 Å². The molecule has 0 amide bonds. The van der Waals surface area contributed by atoms with Gasteiger partial charge in [0, 0.05) is 5.92 Å². The van der Waals surface area contributed by atoms with E-state index in [4.69, 9.17) is 9.47 Å². The minimum Gasteiger partial charge on any atom is -0.462 e. The minimum absolute atomic E-state index is 0.0364. The molecule has 256 valence electrons. The van der Waals surface area contributed by atoms with Gasteiger partial charge in [0.25, 0.3) is 5.60 Å². The van der Waals surface area contributed by atoms with Gasteiger partial charge in [-0.3, -0.25) is 9.59 Å². The third-order valence-electron chi connectivity index (χ3n) is 11.6. The van der Waals surface area contributed by atoms with Crippen molar-refractivity contribution in [2.45, 2.75) is 155 Å². The number of carbonyl (C=O) groups excluding carboxylic acids is 2. The lowest BCUT2D eigenvalue weighted by Crippen LogP contribution is -2.65. The number of hydrogen-bond donors (Lipinski definition) is 1. The molecule has 0 aliphatic heterocycles. The maximum atomic E-state index is 13.1. The lowest BCUT2D eigenvalue weighted by Gasteiger charge is -2.60. The molecule has 0 aromatic rings. The van der Waals surface area contributed by atoms with Crippen molar-refractivity contribution in [1.82, 2.24) is 0 Å². The number of halogens is 6. The van der Waals surface area contributed by atoms with E-state index in [-0.39, 0.29) is 29.8 Å². The summed E-state index contributed by atoms with van der Waals surface area (Å²) in [5.74, 6) is 0.0246. The molecule has 5 rings (SSSR count). The maximum absolute atomic E-state index is 13.1. The van der Waals surface area contributed by atoms with Crippen molar-refractivity contribution >= 4 is 11.9 Å². The van der Waals surface area contributed by atoms with E-state index < -0.39 is 47.8 Å². The highest BCUT2D eigenvalue weighted by Gasteiger charge is 2.75. The number of esters is 2. The average Bonchev–Trinajstić information content (AvgIpc) is 2.93. The van der Waals surface area contributed by atoms with Crippen molar-refractivity contribution < 1.29 is 50.5 Å². The van der Waals surface area contributed by atoms with Crippen LogP contribution in [0.15, 0.2) is 0 Å². The number of aliphatic hydroxyl groups is 1. The first kappa shape index (κ1) is 36.9. The second kappa shape index (κ2) is 12.9. The summed E-state index contributed by atoms with van der Waals surface area (Å²) in [6.45, 7) is 13.0. The van der Waals surface area contributed by atoms with Crippen molar-refractivity contribution in [3.05, 3.63) is 0 Å². The molecule has 0 heterocycles. The zero-order valence-electron chi connectivity index (χ0n) is 27.3. The maximum Gasteiger partial charge on any atom is 0.426 e. The molecule has 1 N–H and O–H groups in total. The van der Waals surface area contributed by atoms with Gasteiger partial charge in [0.05, 0.1) is 10.8 Å². The Labute approximate surface area is 258 Å². The lowest BCUT2D eigenvalue weighted by atomic mass is 9.49. The fraction of sp³-hybridized carbons (Fsp3) is 0.939. The first-order chi connectivity index (χ1) is 20.1. The number of rotatable bonds is 8. The van der Waals surface area contributed by atoms with E-state index in [9.17, 15) is 41.0 Å². The molecule has 2 unspecified atom stereocenters. The molecule has 5 nitrogen and oxygen atoms in total. The predicted molar refractivity (Wildman–Crippen MR) is 153 cm³/mol. The molecule has 0 radical (unpaired) electrons. The highest BCUT2D eigenvalue weighted by molar-refractivity contribution is 5.76. The topological polar surface area (TPSA) is 72.8 Å². The largest absolute Gasteiger partial charge is 0.462 e. The van der Waals surface area contributed by atoms with Gasteiger partial charge in [-0.05, 0) is 122 Å². The van der Waals surface area contributed by atoms with E-state index in [2.05, 4.69) is 13.8 Å². The molecule has 11 heteroatoms. The third kappa shape index (κ3) is 6.92. The van der Waals surface area contributed by atoms with Crippen molar-refractivity contribution in [2.24, 2.45) is 40.4 Å². The quantitative estimate of drug-likeness (QED) is 0.211. The Morgan fingerprint density at radius 3 is 1.57 bits per heavy atom. The molecule has 5 saturated carbocycles. The van der Waals surface area contributed by atoms with Gasteiger partial charge in [0.2, 0.25) is 0 Å². The average molecular weight is 643 g/mol. The molecule has 5 fully saturated rings. The van der Waals surface area contributed by atoms with Crippen LogP contribution in [0.25, 0.3) is 0 Å². The standard InChI is InChI=1S/C18H30O2.C15H22F6O3/c1-5-17(3,4)16(19)20-18(6-2)14-8-12-7-13(10-14)11-15(18)9-12;1-4-12(2,3)11(22)24-10-8-6-5-7-9(10)13(23,14(16,17)18)15(19,20)21/h12-15H,5-11H2,1-4H3;9-10,23H,4-8H2,1-3H3. The van der Waals surface area contributed by atoms with E-state index in [1.165, 1.54) is 46.0 Å². The zero-order chi connectivity index (χ0) is 33.5. The van der Waals surface area contributed by atoms with Crippen LogP contribution in [0.4, 0.5) is 26.3 Å². The molecule has 0 spiro atoms. The van der Waals surface area contributed by atoms with Crippen molar-refractivity contribution in [2.75, 3.05) is 0 Å². The number of alkyl halides is 6. The summed E-state index contributed by atoms with van der Waals surface area (Å²) in [7, 11) is 0. The molecule has 44 heavy (non-hydrogen) atoms. The van der Waals surface area contributed by atoms with Gasteiger partial charge in [0.15, 0.2) is 0 Å². The minimum atomic E-state index is -5.92. The first-order valence-electron chi connectivity index (χ1n) is 16.4. The Morgan fingerprint density at radius 1 is 0.727 bits per heavy atom.